The van der Waals surface area contributed by atoms with Gasteiger partial charge < -0.3 is 15.0 Å². The molecule has 1 fully saturated rings. The van der Waals surface area contributed by atoms with Crippen molar-refractivity contribution in [3.63, 3.8) is 0 Å². The molecule has 0 bridgehead atoms. The fraction of sp³-hybridized carbons (Fsp3) is 0.933. The molecule has 0 spiro atoms. The molecule has 0 aromatic carbocycles. The SMILES string of the molecule is CCNC(=NCCCNS(C)(=O)=O)N(C)CCC1CCOCC1.I. The minimum atomic E-state index is -3.11. The second-order valence-corrected chi connectivity index (χ2v) is 7.85. The predicted octanol–water partition coefficient (Wildman–Crippen LogP) is 1.26. The van der Waals surface area contributed by atoms with Gasteiger partial charge in [0.2, 0.25) is 10.0 Å². The van der Waals surface area contributed by atoms with Crippen LogP contribution < -0.4 is 10.0 Å². The molecule has 0 radical (unpaired) electrons. The number of guanidine groups is 1. The summed E-state index contributed by atoms with van der Waals surface area (Å²) in [6, 6.07) is 0. The Hall–Kier alpha value is -0.130. The van der Waals surface area contributed by atoms with Crippen molar-refractivity contribution in [2.75, 3.05) is 52.7 Å². The summed E-state index contributed by atoms with van der Waals surface area (Å²) in [6.45, 7) is 6.64. The van der Waals surface area contributed by atoms with Gasteiger partial charge in [-0.25, -0.2) is 13.1 Å². The van der Waals surface area contributed by atoms with E-state index >= 15 is 0 Å². The van der Waals surface area contributed by atoms with Crippen molar-refractivity contribution >= 4 is 40.0 Å². The van der Waals surface area contributed by atoms with Crippen molar-refractivity contribution in [1.82, 2.24) is 14.9 Å². The molecule has 7 nitrogen and oxygen atoms in total. The molecule has 0 aromatic heterocycles. The van der Waals surface area contributed by atoms with Crippen LogP contribution >= 0.6 is 24.0 Å². The van der Waals surface area contributed by atoms with Crippen LogP contribution in [0.1, 0.15) is 32.6 Å². The zero-order valence-electron chi connectivity index (χ0n) is 15.1. The number of aliphatic imine (C=N–C) groups is 1. The normalized spacial score (nSPS) is 16.5. The van der Waals surface area contributed by atoms with E-state index in [1.165, 1.54) is 6.26 Å². The quantitative estimate of drug-likeness (QED) is 0.227. The van der Waals surface area contributed by atoms with Gasteiger partial charge in [0.15, 0.2) is 5.96 Å². The van der Waals surface area contributed by atoms with Gasteiger partial charge in [-0.15, -0.1) is 24.0 Å². The maximum atomic E-state index is 11.0. The zero-order chi connectivity index (χ0) is 17.1. The second-order valence-electron chi connectivity index (χ2n) is 6.02. The predicted molar refractivity (Wildman–Crippen MR) is 110 cm³/mol. The molecule has 144 valence electrons. The van der Waals surface area contributed by atoms with Gasteiger partial charge in [0.05, 0.1) is 6.26 Å². The van der Waals surface area contributed by atoms with Crippen LogP contribution in [-0.4, -0.2) is 72.0 Å². The van der Waals surface area contributed by atoms with Gasteiger partial charge in [0.25, 0.3) is 0 Å². The first kappa shape index (κ1) is 23.9. The molecular weight excluding hydrogens is 443 g/mol. The molecular formula is C15H33IN4O3S. The van der Waals surface area contributed by atoms with E-state index in [1.807, 2.05) is 6.92 Å². The zero-order valence-corrected chi connectivity index (χ0v) is 18.2. The first-order chi connectivity index (χ1) is 10.9. The molecule has 1 heterocycles. The van der Waals surface area contributed by atoms with Gasteiger partial charge in [0.1, 0.15) is 0 Å². The van der Waals surface area contributed by atoms with E-state index in [0.29, 0.717) is 19.5 Å². The van der Waals surface area contributed by atoms with Crippen molar-refractivity contribution < 1.29 is 13.2 Å². The average molecular weight is 476 g/mol. The number of nitrogens with one attached hydrogen (secondary N) is 2. The molecule has 0 aliphatic carbocycles. The number of halogens is 1. The van der Waals surface area contributed by atoms with E-state index in [2.05, 4.69) is 27.0 Å². The number of hydrogen-bond acceptors (Lipinski definition) is 4. The summed E-state index contributed by atoms with van der Waals surface area (Å²) in [5.74, 6) is 1.63. The highest BCUT2D eigenvalue weighted by Gasteiger charge is 2.15. The summed E-state index contributed by atoms with van der Waals surface area (Å²) in [5.41, 5.74) is 0. The van der Waals surface area contributed by atoms with Crippen LogP contribution in [0.25, 0.3) is 0 Å². The fourth-order valence-corrected chi connectivity index (χ4v) is 3.02. The lowest BCUT2D eigenvalue weighted by Crippen LogP contribution is -2.40. The molecule has 1 aliphatic rings. The lowest BCUT2D eigenvalue weighted by atomic mass is 9.96. The van der Waals surface area contributed by atoms with Gasteiger partial charge in [-0.3, -0.25) is 4.99 Å². The van der Waals surface area contributed by atoms with Crippen molar-refractivity contribution in [1.29, 1.82) is 0 Å². The molecule has 0 atom stereocenters. The van der Waals surface area contributed by atoms with Gasteiger partial charge >= 0.3 is 0 Å². The van der Waals surface area contributed by atoms with Gasteiger partial charge in [-0.05, 0) is 38.5 Å². The Bertz CT molecular complexity index is 454. The van der Waals surface area contributed by atoms with Crippen LogP contribution in [0.15, 0.2) is 4.99 Å². The van der Waals surface area contributed by atoms with Crippen LogP contribution in [0, 0.1) is 5.92 Å². The highest BCUT2D eigenvalue weighted by atomic mass is 127. The summed E-state index contributed by atoms with van der Waals surface area (Å²) in [5, 5.41) is 3.29. The summed E-state index contributed by atoms with van der Waals surface area (Å²) in [6.07, 6.45) is 5.32. The first-order valence-corrected chi connectivity index (χ1v) is 10.3. The largest absolute Gasteiger partial charge is 0.381 e. The molecule has 0 amide bonds. The van der Waals surface area contributed by atoms with Crippen molar-refractivity contribution in [2.24, 2.45) is 10.9 Å². The molecule has 0 saturated carbocycles. The van der Waals surface area contributed by atoms with Gasteiger partial charge in [-0.2, -0.15) is 0 Å². The van der Waals surface area contributed by atoms with E-state index in [0.717, 1.165) is 57.4 Å². The maximum absolute atomic E-state index is 11.0. The fourth-order valence-electron chi connectivity index (χ4n) is 2.51. The number of nitrogens with zero attached hydrogens (tertiary/aromatic N) is 2. The summed E-state index contributed by atoms with van der Waals surface area (Å²) >= 11 is 0. The van der Waals surface area contributed by atoms with Crippen molar-refractivity contribution in [3.05, 3.63) is 0 Å². The average Bonchev–Trinajstić information content (AvgIpc) is 2.51. The van der Waals surface area contributed by atoms with E-state index in [9.17, 15) is 8.42 Å². The molecule has 1 saturated heterocycles. The van der Waals surface area contributed by atoms with Crippen LogP contribution in [0.2, 0.25) is 0 Å². The topological polar surface area (TPSA) is 83.0 Å². The summed E-state index contributed by atoms with van der Waals surface area (Å²) in [4.78, 5) is 6.72. The van der Waals surface area contributed by atoms with Gasteiger partial charge in [-0.1, -0.05) is 0 Å². The highest BCUT2D eigenvalue weighted by molar-refractivity contribution is 14.0. The Morgan fingerprint density at radius 1 is 1.33 bits per heavy atom. The molecule has 0 aromatic rings. The first-order valence-electron chi connectivity index (χ1n) is 8.44. The Labute approximate surface area is 164 Å². The Morgan fingerprint density at radius 2 is 2.00 bits per heavy atom. The van der Waals surface area contributed by atoms with Crippen molar-refractivity contribution in [2.45, 2.75) is 32.6 Å². The third-order valence-electron chi connectivity index (χ3n) is 3.87. The molecule has 1 rings (SSSR count). The molecule has 0 unspecified atom stereocenters. The number of rotatable bonds is 9. The van der Waals surface area contributed by atoms with E-state index in [1.54, 1.807) is 0 Å². The Balaban J connectivity index is 0.00000529. The van der Waals surface area contributed by atoms with Crippen LogP contribution in [0.5, 0.6) is 0 Å². The van der Waals surface area contributed by atoms with Crippen LogP contribution in [0.3, 0.4) is 0 Å². The molecule has 24 heavy (non-hydrogen) atoms. The minimum absolute atomic E-state index is 0. The third kappa shape index (κ3) is 11.4. The molecule has 1 aliphatic heterocycles. The highest BCUT2D eigenvalue weighted by Crippen LogP contribution is 2.18. The number of sulfonamides is 1. The summed E-state index contributed by atoms with van der Waals surface area (Å²) < 4.78 is 29.9. The van der Waals surface area contributed by atoms with Crippen molar-refractivity contribution in [3.8, 4) is 0 Å². The second kappa shape index (κ2) is 13.1. The Kier molecular flexibility index (Phi) is 13.1. The maximum Gasteiger partial charge on any atom is 0.208 e. The van der Waals surface area contributed by atoms with E-state index in [-0.39, 0.29) is 24.0 Å². The number of ether oxygens (including phenoxy) is 1. The van der Waals surface area contributed by atoms with E-state index < -0.39 is 10.0 Å². The van der Waals surface area contributed by atoms with Crippen LogP contribution in [-0.2, 0) is 14.8 Å². The lowest BCUT2D eigenvalue weighted by molar-refractivity contribution is 0.0625. The monoisotopic (exact) mass is 476 g/mol. The van der Waals surface area contributed by atoms with Gasteiger partial charge in [0, 0.05) is 46.4 Å². The minimum Gasteiger partial charge on any atom is -0.381 e. The summed E-state index contributed by atoms with van der Waals surface area (Å²) in [7, 11) is -1.06. The number of hydrogen-bond donors (Lipinski definition) is 2. The van der Waals surface area contributed by atoms with Crippen LogP contribution in [0.4, 0.5) is 0 Å². The smallest absolute Gasteiger partial charge is 0.208 e. The molecule has 9 heteroatoms. The lowest BCUT2D eigenvalue weighted by Gasteiger charge is -2.26. The Morgan fingerprint density at radius 3 is 2.58 bits per heavy atom. The standard InChI is InChI=1S/C15H32N4O3S.HI/c1-4-16-15(17-9-5-10-18-23(3,20)21)19(2)11-6-14-7-12-22-13-8-14;/h14,18H,4-13H2,1-3H3,(H,16,17);1H. The molecule has 2 N–H and O–H groups in total. The van der Waals surface area contributed by atoms with E-state index in [4.69, 9.17) is 4.74 Å². The third-order valence-corrected chi connectivity index (χ3v) is 4.60.